The Morgan fingerprint density at radius 3 is 2.80 bits per heavy atom. The van der Waals surface area contributed by atoms with Crippen LogP contribution in [0.2, 0.25) is 0 Å². The lowest BCUT2D eigenvalue weighted by atomic mass is 10.1. The average molecular weight is 357 g/mol. The van der Waals surface area contributed by atoms with Crippen LogP contribution in [0.5, 0.6) is 17.2 Å². The molecule has 9 heteroatoms. The summed E-state index contributed by atoms with van der Waals surface area (Å²) in [5.41, 5.74) is 0.518. The molecular formula is C16H21F2N3O4. The second kappa shape index (κ2) is 8.19. The van der Waals surface area contributed by atoms with Crippen molar-refractivity contribution in [1.82, 2.24) is 10.6 Å². The zero-order valence-corrected chi connectivity index (χ0v) is 13.9. The number of hydrogen-bond acceptors (Lipinski definition) is 5. The summed E-state index contributed by atoms with van der Waals surface area (Å²) >= 11 is 0. The Bertz CT molecular complexity index is 622. The average Bonchev–Trinajstić information content (AvgIpc) is 3.25. The highest BCUT2D eigenvalue weighted by Crippen LogP contribution is 2.38. The van der Waals surface area contributed by atoms with E-state index in [-0.39, 0.29) is 25.2 Å². The van der Waals surface area contributed by atoms with Crippen molar-refractivity contribution >= 4 is 5.96 Å². The Morgan fingerprint density at radius 2 is 2.12 bits per heavy atom. The lowest BCUT2D eigenvalue weighted by Crippen LogP contribution is -2.40. The molecule has 0 saturated carbocycles. The van der Waals surface area contributed by atoms with E-state index < -0.39 is 6.61 Å². The summed E-state index contributed by atoms with van der Waals surface area (Å²) in [6.07, 6.45) is 2.24. The van der Waals surface area contributed by atoms with Gasteiger partial charge in [0, 0.05) is 38.4 Å². The normalized spacial score (nSPS) is 19.4. The Labute approximate surface area is 144 Å². The molecule has 0 radical (unpaired) electrons. The van der Waals surface area contributed by atoms with Gasteiger partial charge in [0.2, 0.25) is 6.79 Å². The van der Waals surface area contributed by atoms with Gasteiger partial charge in [-0.3, -0.25) is 4.99 Å². The third kappa shape index (κ3) is 4.62. The molecule has 3 rings (SSSR count). The summed E-state index contributed by atoms with van der Waals surface area (Å²) in [5, 5.41) is 6.24. The Morgan fingerprint density at radius 1 is 1.32 bits per heavy atom. The number of aliphatic imine (C=N–C) groups is 1. The molecule has 0 spiro atoms. The maximum Gasteiger partial charge on any atom is 0.387 e. The van der Waals surface area contributed by atoms with Crippen molar-refractivity contribution < 1.29 is 27.7 Å². The topological polar surface area (TPSA) is 73.3 Å². The first-order valence-electron chi connectivity index (χ1n) is 8.09. The SMILES string of the molecule is CN=C(NCc1cc2c(cc1OC(F)F)OCO2)NCC1CCCO1. The smallest absolute Gasteiger partial charge is 0.387 e. The second-order valence-electron chi connectivity index (χ2n) is 5.63. The largest absolute Gasteiger partial charge is 0.454 e. The molecule has 0 amide bonds. The molecule has 0 bridgehead atoms. The second-order valence-corrected chi connectivity index (χ2v) is 5.63. The third-order valence-corrected chi connectivity index (χ3v) is 3.96. The van der Waals surface area contributed by atoms with Gasteiger partial charge in [-0.15, -0.1) is 0 Å². The summed E-state index contributed by atoms with van der Waals surface area (Å²) in [4.78, 5) is 4.12. The number of nitrogens with zero attached hydrogens (tertiary/aromatic N) is 1. The summed E-state index contributed by atoms with van der Waals surface area (Å²) in [5.74, 6) is 1.48. The quantitative estimate of drug-likeness (QED) is 0.598. The van der Waals surface area contributed by atoms with Gasteiger partial charge < -0.3 is 29.6 Å². The van der Waals surface area contributed by atoms with Crippen molar-refractivity contribution in [3.8, 4) is 17.2 Å². The zero-order valence-electron chi connectivity index (χ0n) is 13.9. The zero-order chi connectivity index (χ0) is 17.6. The molecule has 138 valence electrons. The molecule has 25 heavy (non-hydrogen) atoms. The molecule has 0 aliphatic carbocycles. The minimum absolute atomic E-state index is 0.0429. The lowest BCUT2D eigenvalue weighted by Gasteiger charge is -2.16. The molecule has 2 aliphatic heterocycles. The summed E-state index contributed by atoms with van der Waals surface area (Å²) < 4.78 is 45.9. The van der Waals surface area contributed by atoms with Gasteiger partial charge in [0.05, 0.1) is 6.10 Å². The Hall–Kier alpha value is -2.29. The van der Waals surface area contributed by atoms with Crippen molar-refractivity contribution in [3.05, 3.63) is 17.7 Å². The maximum absolute atomic E-state index is 12.6. The van der Waals surface area contributed by atoms with Crippen LogP contribution in [0, 0.1) is 0 Å². The van der Waals surface area contributed by atoms with Crippen LogP contribution < -0.4 is 24.8 Å². The molecule has 1 aromatic rings. The van der Waals surface area contributed by atoms with Crippen molar-refractivity contribution in [2.75, 3.05) is 27.0 Å². The fourth-order valence-electron chi connectivity index (χ4n) is 2.72. The van der Waals surface area contributed by atoms with E-state index in [2.05, 4.69) is 20.4 Å². The van der Waals surface area contributed by atoms with Crippen LogP contribution in [-0.4, -0.2) is 45.7 Å². The highest BCUT2D eigenvalue weighted by molar-refractivity contribution is 5.79. The molecule has 1 atom stereocenters. The van der Waals surface area contributed by atoms with Gasteiger partial charge in [-0.2, -0.15) is 8.78 Å². The van der Waals surface area contributed by atoms with Crippen molar-refractivity contribution in [2.24, 2.45) is 4.99 Å². The number of fused-ring (bicyclic) bond motifs is 1. The lowest BCUT2D eigenvalue weighted by molar-refractivity contribution is -0.0505. The van der Waals surface area contributed by atoms with Gasteiger partial charge in [0.25, 0.3) is 0 Å². The first-order chi connectivity index (χ1) is 12.2. The highest BCUT2D eigenvalue weighted by Gasteiger charge is 2.20. The number of alkyl halides is 2. The number of halogens is 2. The number of hydrogen-bond donors (Lipinski definition) is 2. The number of guanidine groups is 1. The van der Waals surface area contributed by atoms with Crippen LogP contribution >= 0.6 is 0 Å². The van der Waals surface area contributed by atoms with E-state index in [0.29, 0.717) is 29.6 Å². The van der Waals surface area contributed by atoms with Gasteiger partial charge in [0.1, 0.15) is 5.75 Å². The van der Waals surface area contributed by atoms with Gasteiger partial charge in [-0.1, -0.05) is 0 Å². The minimum atomic E-state index is -2.92. The number of ether oxygens (including phenoxy) is 4. The molecule has 1 unspecified atom stereocenters. The van der Waals surface area contributed by atoms with E-state index in [9.17, 15) is 8.78 Å². The minimum Gasteiger partial charge on any atom is -0.454 e. The predicted octanol–water partition coefficient (Wildman–Crippen LogP) is 1.86. The standard InChI is InChI=1S/C16H21F2N3O4/c1-19-16(21-8-11-3-2-4-22-11)20-7-10-5-13-14(24-9-23-13)6-12(10)25-15(17)18/h5-6,11,15H,2-4,7-9H2,1H3,(H2,19,20,21). The number of nitrogens with one attached hydrogen (secondary N) is 2. The number of benzene rings is 1. The molecule has 1 saturated heterocycles. The maximum atomic E-state index is 12.6. The highest BCUT2D eigenvalue weighted by atomic mass is 19.3. The van der Waals surface area contributed by atoms with Crippen LogP contribution in [0.4, 0.5) is 8.78 Å². The van der Waals surface area contributed by atoms with Gasteiger partial charge in [-0.05, 0) is 18.9 Å². The van der Waals surface area contributed by atoms with Crippen LogP contribution in [0.25, 0.3) is 0 Å². The van der Waals surface area contributed by atoms with Gasteiger partial charge in [-0.25, -0.2) is 0 Å². The van der Waals surface area contributed by atoms with E-state index >= 15 is 0 Å². The molecule has 1 aromatic carbocycles. The molecule has 2 aliphatic rings. The third-order valence-electron chi connectivity index (χ3n) is 3.96. The van der Waals surface area contributed by atoms with E-state index in [1.165, 1.54) is 6.07 Å². The fourth-order valence-corrected chi connectivity index (χ4v) is 2.72. The van der Waals surface area contributed by atoms with Crippen LogP contribution in [0.3, 0.4) is 0 Å². The van der Waals surface area contributed by atoms with Crippen LogP contribution in [0.15, 0.2) is 17.1 Å². The Kier molecular flexibility index (Phi) is 5.75. The molecule has 2 heterocycles. The van der Waals surface area contributed by atoms with E-state index in [1.54, 1.807) is 13.1 Å². The molecule has 1 fully saturated rings. The molecular weight excluding hydrogens is 336 g/mol. The summed E-state index contributed by atoms with van der Waals surface area (Å²) in [6.45, 7) is -1.20. The van der Waals surface area contributed by atoms with Crippen molar-refractivity contribution in [3.63, 3.8) is 0 Å². The molecule has 7 nitrogen and oxygen atoms in total. The van der Waals surface area contributed by atoms with E-state index in [0.717, 1.165) is 19.4 Å². The van der Waals surface area contributed by atoms with Crippen molar-refractivity contribution in [1.29, 1.82) is 0 Å². The predicted molar refractivity (Wildman–Crippen MR) is 86.4 cm³/mol. The molecule has 2 N–H and O–H groups in total. The first kappa shape index (κ1) is 17.5. The fraction of sp³-hybridized carbons (Fsp3) is 0.562. The summed E-state index contributed by atoms with van der Waals surface area (Å²) in [6, 6.07) is 3.04. The van der Waals surface area contributed by atoms with E-state index in [4.69, 9.17) is 14.2 Å². The Balaban J connectivity index is 1.62. The summed E-state index contributed by atoms with van der Waals surface area (Å²) in [7, 11) is 1.64. The van der Waals surface area contributed by atoms with Crippen LogP contribution in [-0.2, 0) is 11.3 Å². The van der Waals surface area contributed by atoms with Crippen LogP contribution in [0.1, 0.15) is 18.4 Å². The van der Waals surface area contributed by atoms with Gasteiger partial charge >= 0.3 is 6.61 Å². The first-order valence-corrected chi connectivity index (χ1v) is 8.09. The van der Waals surface area contributed by atoms with E-state index in [1.807, 2.05) is 0 Å². The van der Waals surface area contributed by atoms with Gasteiger partial charge in [0.15, 0.2) is 17.5 Å². The monoisotopic (exact) mass is 357 g/mol. The number of rotatable bonds is 6. The molecule has 0 aromatic heterocycles. The van der Waals surface area contributed by atoms with Crippen molar-refractivity contribution in [2.45, 2.75) is 32.1 Å².